The SMILES string of the molecule is CCC(=O)N[C@H](Cc1ccc(NC(=O)[C@H](N)C2CCC(C)CC2)c(F)c1)C(=O)N1CCN(C)CC1. The summed E-state index contributed by atoms with van der Waals surface area (Å²) in [5, 5.41) is 5.42. The quantitative estimate of drug-likeness (QED) is 0.519. The third kappa shape index (κ3) is 7.48. The van der Waals surface area contributed by atoms with Crippen LogP contribution < -0.4 is 16.4 Å². The molecule has 2 atom stereocenters. The van der Waals surface area contributed by atoms with E-state index in [1.54, 1.807) is 17.9 Å². The van der Waals surface area contributed by atoms with E-state index in [0.29, 0.717) is 24.6 Å². The number of anilines is 1. The highest BCUT2D eigenvalue weighted by atomic mass is 19.1. The number of hydrogen-bond donors (Lipinski definition) is 3. The van der Waals surface area contributed by atoms with E-state index in [1.807, 2.05) is 7.05 Å². The Labute approximate surface area is 207 Å². The minimum atomic E-state index is -0.771. The summed E-state index contributed by atoms with van der Waals surface area (Å²) in [6.45, 7) is 6.65. The van der Waals surface area contributed by atoms with E-state index >= 15 is 0 Å². The van der Waals surface area contributed by atoms with Crippen LogP contribution in [0, 0.1) is 17.7 Å². The average Bonchev–Trinajstić information content (AvgIpc) is 2.85. The molecule has 0 aromatic heterocycles. The van der Waals surface area contributed by atoms with Gasteiger partial charge < -0.3 is 26.2 Å². The molecule has 35 heavy (non-hydrogen) atoms. The zero-order valence-electron chi connectivity index (χ0n) is 21.2. The first-order valence-corrected chi connectivity index (χ1v) is 12.8. The van der Waals surface area contributed by atoms with Gasteiger partial charge in [-0.1, -0.05) is 32.8 Å². The number of carbonyl (C=O) groups excluding carboxylic acids is 3. The van der Waals surface area contributed by atoms with Gasteiger partial charge >= 0.3 is 0 Å². The van der Waals surface area contributed by atoms with Crippen molar-refractivity contribution in [1.29, 1.82) is 0 Å². The molecule has 0 spiro atoms. The number of nitrogens with one attached hydrogen (secondary N) is 2. The smallest absolute Gasteiger partial charge is 0.245 e. The number of nitrogens with zero attached hydrogens (tertiary/aromatic N) is 2. The highest BCUT2D eigenvalue weighted by Gasteiger charge is 2.30. The van der Waals surface area contributed by atoms with Crippen molar-refractivity contribution in [3.63, 3.8) is 0 Å². The molecule has 1 aromatic rings. The zero-order valence-corrected chi connectivity index (χ0v) is 21.2. The summed E-state index contributed by atoms with van der Waals surface area (Å²) in [5.74, 6) is -0.599. The minimum Gasteiger partial charge on any atom is -0.344 e. The van der Waals surface area contributed by atoms with Gasteiger partial charge in [-0.25, -0.2) is 4.39 Å². The Hall–Kier alpha value is -2.52. The van der Waals surface area contributed by atoms with Gasteiger partial charge in [0.15, 0.2) is 0 Å². The number of piperazine rings is 1. The lowest BCUT2D eigenvalue weighted by Gasteiger charge is -2.34. The van der Waals surface area contributed by atoms with Gasteiger partial charge in [-0.3, -0.25) is 14.4 Å². The molecule has 1 heterocycles. The summed E-state index contributed by atoms with van der Waals surface area (Å²) in [7, 11) is 2.00. The van der Waals surface area contributed by atoms with E-state index in [9.17, 15) is 18.8 Å². The van der Waals surface area contributed by atoms with Crippen molar-refractivity contribution < 1.29 is 18.8 Å². The molecular weight excluding hydrogens is 449 g/mol. The number of likely N-dealkylation sites (N-methyl/N-ethyl adjacent to an activating group) is 1. The van der Waals surface area contributed by atoms with Gasteiger partial charge in [0.05, 0.1) is 11.7 Å². The molecule has 0 unspecified atom stereocenters. The van der Waals surface area contributed by atoms with Gasteiger partial charge in [0.1, 0.15) is 11.9 Å². The third-order valence-electron chi connectivity index (χ3n) is 7.37. The van der Waals surface area contributed by atoms with E-state index in [1.165, 1.54) is 12.1 Å². The van der Waals surface area contributed by atoms with Gasteiger partial charge in [0.2, 0.25) is 17.7 Å². The van der Waals surface area contributed by atoms with Crippen LogP contribution in [0.25, 0.3) is 0 Å². The Kier molecular flexibility index (Phi) is 9.63. The summed E-state index contributed by atoms with van der Waals surface area (Å²) in [5.41, 5.74) is 6.82. The number of rotatable bonds is 8. The number of halogens is 1. The van der Waals surface area contributed by atoms with Crippen molar-refractivity contribution in [2.45, 2.75) is 64.5 Å². The van der Waals surface area contributed by atoms with E-state index in [-0.39, 0.29) is 42.2 Å². The van der Waals surface area contributed by atoms with Crippen molar-refractivity contribution in [2.24, 2.45) is 17.6 Å². The van der Waals surface area contributed by atoms with Gasteiger partial charge in [-0.05, 0) is 49.4 Å². The molecule has 8 nitrogen and oxygen atoms in total. The van der Waals surface area contributed by atoms with E-state index in [0.717, 1.165) is 38.8 Å². The van der Waals surface area contributed by atoms with Gasteiger partial charge in [0, 0.05) is 39.0 Å². The fraction of sp³-hybridized carbons (Fsp3) is 0.654. The Balaban J connectivity index is 1.65. The second-order valence-corrected chi connectivity index (χ2v) is 10.2. The minimum absolute atomic E-state index is 0.0675. The molecule has 1 aliphatic heterocycles. The normalized spacial score (nSPS) is 22.8. The molecule has 2 fully saturated rings. The van der Waals surface area contributed by atoms with Crippen LogP contribution in [-0.2, 0) is 20.8 Å². The van der Waals surface area contributed by atoms with Crippen molar-refractivity contribution in [3.8, 4) is 0 Å². The lowest BCUT2D eigenvalue weighted by molar-refractivity contribution is -0.137. The van der Waals surface area contributed by atoms with Crippen molar-refractivity contribution >= 4 is 23.4 Å². The first-order valence-electron chi connectivity index (χ1n) is 12.8. The van der Waals surface area contributed by atoms with Crippen LogP contribution in [0.15, 0.2) is 18.2 Å². The molecule has 194 valence electrons. The van der Waals surface area contributed by atoms with Gasteiger partial charge in [-0.15, -0.1) is 0 Å². The molecule has 4 N–H and O–H groups in total. The van der Waals surface area contributed by atoms with Crippen LogP contribution >= 0.6 is 0 Å². The maximum absolute atomic E-state index is 14.9. The van der Waals surface area contributed by atoms with Crippen molar-refractivity contribution in [1.82, 2.24) is 15.1 Å². The van der Waals surface area contributed by atoms with Gasteiger partial charge in [-0.2, -0.15) is 0 Å². The maximum Gasteiger partial charge on any atom is 0.245 e. The number of carbonyl (C=O) groups is 3. The molecule has 3 rings (SSSR count). The van der Waals surface area contributed by atoms with Crippen LogP contribution in [0.1, 0.15) is 51.5 Å². The number of nitrogens with two attached hydrogens (primary N) is 1. The summed E-state index contributed by atoms with van der Waals surface area (Å²) in [6, 6.07) is 3.04. The monoisotopic (exact) mass is 489 g/mol. The Bertz CT molecular complexity index is 895. The molecule has 3 amide bonds. The van der Waals surface area contributed by atoms with Crippen molar-refractivity contribution in [3.05, 3.63) is 29.6 Å². The lowest BCUT2D eigenvalue weighted by atomic mass is 9.79. The van der Waals surface area contributed by atoms with Crippen LogP contribution in [-0.4, -0.2) is 72.8 Å². The van der Waals surface area contributed by atoms with E-state index in [2.05, 4.69) is 22.5 Å². The third-order valence-corrected chi connectivity index (χ3v) is 7.37. The summed E-state index contributed by atoms with van der Waals surface area (Å²) < 4.78 is 14.9. The summed E-state index contributed by atoms with van der Waals surface area (Å²) in [6.07, 6.45) is 4.34. The van der Waals surface area contributed by atoms with Crippen LogP contribution in [0.5, 0.6) is 0 Å². The molecular formula is C26H40FN5O3. The maximum atomic E-state index is 14.9. The molecule has 9 heteroatoms. The predicted molar refractivity (Wildman–Crippen MR) is 134 cm³/mol. The standard InChI is InChI=1S/C26H40FN5O3/c1-4-23(33)29-22(26(35)32-13-11-31(3)12-14-32)16-18-7-10-21(20(27)15-18)30-25(34)24(28)19-8-5-17(2)6-9-19/h7,10,15,17,19,22,24H,4-6,8-9,11-14,16,28H2,1-3H3,(H,29,33)(H,30,34)/t17?,19?,22-,24-/m1/s1. The van der Waals surface area contributed by atoms with Crippen LogP contribution in [0.2, 0.25) is 0 Å². The molecule has 1 saturated heterocycles. The fourth-order valence-electron chi connectivity index (χ4n) is 4.84. The van der Waals surface area contributed by atoms with Crippen molar-refractivity contribution in [2.75, 3.05) is 38.5 Å². The largest absolute Gasteiger partial charge is 0.344 e. The molecule has 0 bridgehead atoms. The first-order chi connectivity index (χ1) is 16.7. The van der Waals surface area contributed by atoms with E-state index < -0.39 is 17.9 Å². The summed E-state index contributed by atoms with van der Waals surface area (Å²) in [4.78, 5) is 41.8. The Morgan fingerprint density at radius 2 is 1.77 bits per heavy atom. The molecule has 1 saturated carbocycles. The second-order valence-electron chi connectivity index (χ2n) is 10.2. The number of hydrogen-bond acceptors (Lipinski definition) is 5. The first kappa shape index (κ1) is 27.1. The Morgan fingerprint density at radius 1 is 1.11 bits per heavy atom. The number of amides is 3. The molecule has 2 aliphatic rings. The summed E-state index contributed by atoms with van der Waals surface area (Å²) >= 11 is 0. The second kappa shape index (κ2) is 12.4. The highest BCUT2D eigenvalue weighted by molar-refractivity contribution is 5.95. The topological polar surface area (TPSA) is 108 Å². The van der Waals surface area contributed by atoms with Crippen LogP contribution in [0.4, 0.5) is 10.1 Å². The average molecular weight is 490 g/mol. The van der Waals surface area contributed by atoms with E-state index in [4.69, 9.17) is 5.73 Å². The Morgan fingerprint density at radius 3 is 2.37 bits per heavy atom. The van der Waals surface area contributed by atoms with Gasteiger partial charge in [0.25, 0.3) is 0 Å². The fourth-order valence-corrected chi connectivity index (χ4v) is 4.84. The number of benzene rings is 1. The zero-order chi connectivity index (χ0) is 25.5. The predicted octanol–water partition coefficient (Wildman–Crippen LogP) is 2.13. The van der Waals surface area contributed by atoms with Crippen LogP contribution in [0.3, 0.4) is 0 Å². The highest BCUT2D eigenvalue weighted by Crippen LogP contribution is 2.30. The lowest BCUT2D eigenvalue weighted by Crippen LogP contribution is -2.54. The molecule has 0 radical (unpaired) electrons. The molecule has 1 aliphatic carbocycles. The molecule has 1 aromatic carbocycles.